The Morgan fingerprint density at radius 2 is 1.64 bits per heavy atom. The summed E-state index contributed by atoms with van der Waals surface area (Å²) < 4.78 is 23.6. The maximum Gasteiger partial charge on any atom is 0.191 e. The molecule has 2 N–H and O–H groups in total. The van der Waals surface area contributed by atoms with Gasteiger partial charge in [-0.25, -0.2) is 4.39 Å². The van der Waals surface area contributed by atoms with Gasteiger partial charge in [-0.1, -0.05) is 12.1 Å². The molecule has 0 aliphatic heterocycles. The number of rotatable bonds is 7. The molecule has 2 aromatic rings. The third kappa shape index (κ3) is 7.59. The van der Waals surface area contributed by atoms with Crippen molar-refractivity contribution < 1.29 is 13.9 Å². The summed E-state index contributed by atoms with van der Waals surface area (Å²) in [4.78, 5) is 4.14. The summed E-state index contributed by atoms with van der Waals surface area (Å²) in [5, 5.41) is 6.32. The second-order valence-electron chi connectivity index (χ2n) is 5.00. The predicted octanol–water partition coefficient (Wildman–Crippen LogP) is 3.20. The molecule has 0 unspecified atom stereocenters. The summed E-state index contributed by atoms with van der Waals surface area (Å²) >= 11 is 0. The molecule has 0 aliphatic rings. The number of methoxy groups -OCH3 is 1. The Morgan fingerprint density at radius 3 is 2.24 bits per heavy atom. The highest BCUT2D eigenvalue weighted by atomic mass is 127. The molecule has 0 fully saturated rings. The average Bonchev–Trinajstić information content (AvgIpc) is 2.63. The van der Waals surface area contributed by atoms with Crippen LogP contribution >= 0.6 is 24.0 Å². The second-order valence-corrected chi connectivity index (χ2v) is 5.00. The van der Waals surface area contributed by atoms with Crippen LogP contribution in [0.3, 0.4) is 0 Å². The van der Waals surface area contributed by atoms with Crippen molar-refractivity contribution in [2.75, 3.05) is 27.3 Å². The normalized spacial score (nSPS) is 10.6. The molecule has 25 heavy (non-hydrogen) atoms. The van der Waals surface area contributed by atoms with E-state index in [9.17, 15) is 4.39 Å². The van der Waals surface area contributed by atoms with Gasteiger partial charge in [0, 0.05) is 13.6 Å². The van der Waals surface area contributed by atoms with Gasteiger partial charge in [0.2, 0.25) is 0 Å². The van der Waals surface area contributed by atoms with Gasteiger partial charge in [-0.2, -0.15) is 0 Å². The van der Waals surface area contributed by atoms with Crippen LogP contribution in [0.25, 0.3) is 0 Å². The molecule has 0 spiro atoms. The van der Waals surface area contributed by atoms with Gasteiger partial charge in [0.1, 0.15) is 23.9 Å². The highest BCUT2D eigenvalue weighted by Gasteiger charge is 2.00. The Morgan fingerprint density at radius 1 is 1.00 bits per heavy atom. The molecule has 0 amide bonds. The van der Waals surface area contributed by atoms with Crippen molar-refractivity contribution in [3.8, 4) is 11.5 Å². The lowest BCUT2D eigenvalue weighted by Gasteiger charge is -2.12. The number of halogens is 2. The fourth-order valence-electron chi connectivity index (χ4n) is 2.02. The van der Waals surface area contributed by atoms with Gasteiger partial charge in [-0.05, 0) is 42.0 Å². The molecule has 2 aromatic carbocycles. The number of nitrogens with one attached hydrogen (secondary N) is 2. The molecule has 5 nitrogen and oxygen atoms in total. The van der Waals surface area contributed by atoms with Crippen molar-refractivity contribution in [1.82, 2.24) is 10.6 Å². The summed E-state index contributed by atoms with van der Waals surface area (Å²) in [5.41, 5.74) is 0.980. The van der Waals surface area contributed by atoms with E-state index in [1.54, 1.807) is 26.3 Å². The van der Waals surface area contributed by atoms with E-state index in [-0.39, 0.29) is 29.8 Å². The molecule has 0 aliphatic carbocycles. The highest BCUT2D eigenvalue weighted by Crippen LogP contribution is 2.16. The van der Waals surface area contributed by atoms with Gasteiger partial charge >= 0.3 is 0 Å². The molecule has 2 rings (SSSR count). The first-order chi connectivity index (χ1) is 11.7. The quantitative estimate of drug-likeness (QED) is 0.289. The average molecular weight is 459 g/mol. The van der Waals surface area contributed by atoms with Gasteiger partial charge in [0.15, 0.2) is 5.96 Å². The Bertz CT molecular complexity index is 648. The molecular weight excluding hydrogens is 436 g/mol. The van der Waals surface area contributed by atoms with Crippen molar-refractivity contribution in [2.24, 2.45) is 4.99 Å². The maximum absolute atomic E-state index is 12.9. The van der Waals surface area contributed by atoms with Crippen molar-refractivity contribution in [1.29, 1.82) is 0 Å². The number of hydrogen-bond acceptors (Lipinski definition) is 3. The fraction of sp³-hybridized carbons (Fsp3) is 0.278. The van der Waals surface area contributed by atoms with Crippen LogP contribution in [0, 0.1) is 5.82 Å². The Hall–Kier alpha value is -2.03. The zero-order valence-electron chi connectivity index (χ0n) is 14.3. The van der Waals surface area contributed by atoms with Gasteiger partial charge in [-0.15, -0.1) is 24.0 Å². The van der Waals surface area contributed by atoms with Crippen LogP contribution in [-0.2, 0) is 6.54 Å². The van der Waals surface area contributed by atoms with Gasteiger partial charge in [0.05, 0.1) is 13.7 Å². The van der Waals surface area contributed by atoms with E-state index >= 15 is 0 Å². The monoisotopic (exact) mass is 459 g/mol. The highest BCUT2D eigenvalue weighted by molar-refractivity contribution is 14.0. The van der Waals surface area contributed by atoms with Gasteiger partial charge in [0.25, 0.3) is 0 Å². The van der Waals surface area contributed by atoms with Crippen LogP contribution < -0.4 is 20.1 Å². The first-order valence-corrected chi connectivity index (χ1v) is 7.67. The van der Waals surface area contributed by atoms with Crippen LogP contribution in [0.5, 0.6) is 11.5 Å². The maximum atomic E-state index is 12.9. The molecule has 0 aromatic heterocycles. The number of guanidine groups is 1. The predicted molar refractivity (Wildman–Crippen MR) is 109 cm³/mol. The van der Waals surface area contributed by atoms with E-state index in [0.717, 1.165) is 17.1 Å². The van der Waals surface area contributed by atoms with E-state index in [4.69, 9.17) is 9.47 Å². The minimum absolute atomic E-state index is 0. The Labute approximate surface area is 164 Å². The molecule has 0 saturated carbocycles. The number of hydrogen-bond donors (Lipinski definition) is 2. The van der Waals surface area contributed by atoms with Crippen LogP contribution in [0.15, 0.2) is 53.5 Å². The Balaban J connectivity index is 0.00000312. The molecule has 0 atom stereocenters. The van der Waals surface area contributed by atoms with Crippen LogP contribution in [0.2, 0.25) is 0 Å². The summed E-state index contributed by atoms with van der Waals surface area (Å²) in [7, 11) is 3.33. The van der Waals surface area contributed by atoms with E-state index in [1.165, 1.54) is 12.1 Å². The van der Waals surface area contributed by atoms with Gasteiger partial charge < -0.3 is 20.1 Å². The van der Waals surface area contributed by atoms with Crippen molar-refractivity contribution >= 4 is 29.9 Å². The molecule has 136 valence electrons. The van der Waals surface area contributed by atoms with Gasteiger partial charge in [-0.3, -0.25) is 4.99 Å². The summed E-state index contributed by atoms with van der Waals surface area (Å²) in [5.74, 6) is 2.01. The van der Waals surface area contributed by atoms with E-state index in [2.05, 4.69) is 15.6 Å². The van der Waals surface area contributed by atoms with Crippen molar-refractivity contribution in [3.63, 3.8) is 0 Å². The van der Waals surface area contributed by atoms with Crippen LogP contribution in [0.1, 0.15) is 5.56 Å². The summed E-state index contributed by atoms with van der Waals surface area (Å²) in [6.07, 6.45) is 0. The Kier molecular flexibility index (Phi) is 9.68. The minimum Gasteiger partial charge on any atom is -0.497 e. The lowest BCUT2D eigenvalue weighted by molar-refractivity contribution is 0.321. The first kappa shape index (κ1) is 21.0. The zero-order chi connectivity index (χ0) is 17.2. The largest absolute Gasteiger partial charge is 0.497 e. The van der Waals surface area contributed by atoms with Crippen LogP contribution in [0.4, 0.5) is 4.39 Å². The SMILES string of the molecule is CN=C(NCCOc1ccc(OC)cc1)NCc1ccc(F)cc1.I. The number of nitrogens with zero attached hydrogens (tertiary/aromatic N) is 1. The third-order valence-electron chi connectivity index (χ3n) is 3.32. The number of aliphatic imine (C=N–C) groups is 1. The van der Waals surface area contributed by atoms with Crippen molar-refractivity contribution in [3.05, 3.63) is 59.9 Å². The van der Waals surface area contributed by atoms with E-state index < -0.39 is 0 Å². The minimum atomic E-state index is -0.239. The molecule has 0 radical (unpaired) electrons. The van der Waals surface area contributed by atoms with Crippen molar-refractivity contribution in [2.45, 2.75) is 6.54 Å². The van der Waals surface area contributed by atoms with E-state index in [1.807, 2.05) is 24.3 Å². The lowest BCUT2D eigenvalue weighted by Crippen LogP contribution is -2.38. The fourth-order valence-corrected chi connectivity index (χ4v) is 2.02. The van der Waals surface area contributed by atoms with Crippen LogP contribution in [-0.4, -0.2) is 33.3 Å². The topological polar surface area (TPSA) is 54.9 Å². The summed E-state index contributed by atoms with van der Waals surface area (Å²) in [6.45, 7) is 1.68. The van der Waals surface area contributed by atoms with E-state index in [0.29, 0.717) is 25.7 Å². The zero-order valence-corrected chi connectivity index (χ0v) is 16.6. The standard InChI is InChI=1S/C18H22FN3O2.HI/c1-20-18(22-13-14-3-5-15(19)6-4-14)21-11-12-24-17-9-7-16(23-2)8-10-17;/h3-10H,11-13H2,1-2H3,(H2,20,21,22);1H. The smallest absolute Gasteiger partial charge is 0.191 e. The summed E-state index contributed by atoms with van der Waals surface area (Å²) in [6, 6.07) is 13.8. The number of ether oxygens (including phenoxy) is 2. The molecule has 7 heteroatoms. The third-order valence-corrected chi connectivity index (χ3v) is 3.32. The number of benzene rings is 2. The second kappa shape index (κ2) is 11.5. The molecule has 0 heterocycles. The molecular formula is C18H23FIN3O2. The molecule has 0 bridgehead atoms. The first-order valence-electron chi connectivity index (χ1n) is 7.67. The molecule has 0 saturated heterocycles. The lowest BCUT2D eigenvalue weighted by atomic mass is 10.2.